The predicted octanol–water partition coefficient (Wildman–Crippen LogP) is 2.52. The fourth-order valence-electron chi connectivity index (χ4n) is 1.38. The highest BCUT2D eigenvalue weighted by Crippen LogP contribution is 2.26. The summed E-state index contributed by atoms with van der Waals surface area (Å²) in [6.45, 7) is -0.288. The fourth-order valence-corrected chi connectivity index (χ4v) is 1.93. The number of alkyl halides is 2. The van der Waals surface area contributed by atoms with Crippen LogP contribution >= 0.6 is 11.3 Å². The number of ether oxygens (including phenoxy) is 1. The van der Waals surface area contributed by atoms with E-state index in [-0.39, 0.29) is 17.7 Å². The molecule has 1 aromatic carbocycles. The van der Waals surface area contributed by atoms with Crippen molar-refractivity contribution in [1.29, 1.82) is 0 Å². The summed E-state index contributed by atoms with van der Waals surface area (Å²) in [5.41, 5.74) is 0.714. The van der Waals surface area contributed by atoms with Crippen molar-refractivity contribution in [2.24, 2.45) is 0 Å². The molecule has 0 spiro atoms. The Kier molecular flexibility index (Phi) is 4.57. The molecule has 0 bridgehead atoms. The van der Waals surface area contributed by atoms with Crippen molar-refractivity contribution in [3.63, 3.8) is 0 Å². The summed E-state index contributed by atoms with van der Waals surface area (Å²) in [6, 6.07) is 9.00. The Morgan fingerprint density at radius 1 is 1.35 bits per heavy atom. The van der Waals surface area contributed by atoms with Gasteiger partial charge in [-0.15, -0.1) is 5.10 Å². The van der Waals surface area contributed by atoms with Crippen molar-refractivity contribution in [2.75, 3.05) is 18.6 Å². The highest BCUT2D eigenvalue weighted by atomic mass is 32.1. The van der Waals surface area contributed by atoms with Crippen LogP contribution in [-0.2, 0) is 4.79 Å². The molecule has 8 heteroatoms. The third-order valence-electron chi connectivity index (χ3n) is 2.45. The number of halogens is 2. The molecule has 2 rings (SSSR count). The SMILES string of the molecule is CN(C(=O)COc1nnc(C(F)F)s1)c1ccccc1. The Morgan fingerprint density at radius 2 is 2.05 bits per heavy atom. The zero-order valence-electron chi connectivity index (χ0n) is 10.5. The molecule has 0 N–H and O–H groups in total. The molecule has 20 heavy (non-hydrogen) atoms. The maximum Gasteiger partial charge on any atom is 0.294 e. The number of rotatable bonds is 5. The van der Waals surface area contributed by atoms with Crippen molar-refractivity contribution in [1.82, 2.24) is 10.2 Å². The van der Waals surface area contributed by atoms with E-state index in [1.54, 1.807) is 31.3 Å². The Labute approximate surface area is 117 Å². The van der Waals surface area contributed by atoms with Crippen LogP contribution < -0.4 is 9.64 Å². The molecule has 0 saturated heterocycles. The average Bonchev–Trinajstić information content (AvgIpc) is 2.94. The molecule has 0 saturated carbocycles. The second-order valence-electron chi connectivity index (χ2n) is 3.78. The van der Waals surface area contributed by atoms with Gasteiger partial charge >= 0.3 is 0 Å². The number of carbonyl (C=O) groups is 1. The zero-order chi connectivity index (χ0) is 14.5. The molecular formula is C12H11F2N3O2S. The van der Waals surface area contributed by atoms with E-state index >= 15 is 0 Å². The van der Waals surface area contributed by atoms with Gasteiger partial charge in [0.05, 0.1) is 0 Å². The van der Waals surface area contributed by atoms with Crippen LogP contribution in [0.1, 0.15) is 11.4 Å². The van der Waals surface area contributed by atoms with Gasteiger partial charge < -0.3 is 9.64 Å². The van der Waals surface area contributed by atoms with E-state index in [2.05, 4.69) is 10.2 Å². The number of hydrogen-bond donors (Lipinski definition) is 0. The molecule has 0 unspecified atom stereocenters. The smallest absolute Gasteiger partial charge is 0.294 e. The maximum absolute atomic E-state index is 12.3. The fraction of sp³-hybridized carbons (Fsp3) is 0.250. The van der Waals surface area contributed by atoms with Gasteiger partial charge in [0.2, 0.25) is 0 Å². The Hall–Kier alpha value is -2.09. The van der Waals surface area contributed by atoms with Crippen LogP contribution in [0, 0.1) is 0 Å². The van der Waals surface area contributed by atoms with Gasteiger partial charge in [-0.1, -0.05) is 34.6 Å². The van der Waals surface area contributed by atoms with Crippen molar-refractivity contribution in [3.05, 3.63) is 35.3 Å². The third-order valence-corrected chi connectivity index (χ3v) is 3.29. The largest absolute Gasteiger partial charge is 0.459 e. The first-order chi connectivity index (χ1) is 9.58. The quantitative estimate of drug-likeness (QED) is 0.851. The molecule has 0 aliphatic carbocycles. The van der Waals surface area contributed by atoms with Crippen molar-refractivity contribution in [3.8, 4) is 5.19 Å². The molecule has 1 heterocycles. The molecular weight excluding hydrogens is 288 g/mol. The first-order valence-corrected chi connectivity index (χ1v) is 6.45. The lowest BCUT2D eigenvalue weighted by molar-refractivity contribution is -0.120. The van der Waals surface area contributed by atoms with E-state index < -0.39 is 11.4 Å². The maximum atomic E-state index is 12.3. The first-order valence-electron chi connectivity index (χ1n) is 5.64. The number of benzene rings is 1. The van der Waals surface area contributed by atoms with Gasteiger partial charge in [0.1, 0.15) is 0 Å². The molecule has 106 valence electrons. The normalized spacial score (nSPS) is 10.6. The minimum atomic E-state index is -2.69. The van der Waals surface area contributed by atoms with Gasteiger partial charge in [-0.2, -0.15) is 0 Å². The lowest BCUT2D eigenvalue weighted by Gasteiger charge is -2.16. The van der Waals surface area contributed by atoms with Gasteiger partial charge in [-0.25, -0.2) is 8.78 Å². The van der Waals surface area contributed by atoms with Crippen LogP contribution in [0.25, 0.3) is 0 Å². The molecule has 1 amide bonds. The number of nitrogens with zero attached hydrogens (tertiary/aromatic N) is 3. The van der Waals surface area contributed by atoms with Gasteiger partial charge in [-0.3, -0.25) is 4.79 Å². The van der Waals surface area contributed by atoms with E-state index in [0.717, 1.165) is 0 Å². The van der Waals surface area contributed by atoms with E-state index in [4.69, 9.17) is 4.74 Å². The number of para-hydroxylation sites is 1. The molecule has 5 nitrogen and oxygen atoms in total. The van der Waals surface area contributed by atoms with E-state index in [0.29, 0.717) is 17.0 Å². The minimum absolute atomic E-state index is 0.0462. The van der Waals surface area contributed by atoms with Crippen molar-refractivity contribution >= 4 is 22.9 Å². The van der Waals surface area contributed by atoms with E-state index in [1.807, 2.05) is 6.07 Å². The number of anilines is 1. The second-order valence-corrected chi connectivity index (χ2v) is 4.76. The molecule has 0 radical (unpaired) electrons. The van der Waals surface area contributed by atoms with Gasteiger partial charge in [-0.05, 0) is 12.1 Å². The average molecular weight is 299 g/mol. The molecule has 0 atom stereocenters. The zero-order valence-corrected chi connectivity index (χ0v) is 11.3. The highest BCUT2D eigenvalue weighted by molar-refractivity contribution is 7.13. The summed E-state index contributed by atoms with van der Waals surface area (Å²) >= 11 is 0.625. The van der Waals surface area contributed by atoms with Gasteiger partial charge in [0.25, 0.3) is 17.5 Å². The van der Waals surface area contributed by atoms with Crippen LogP contribution in [0.15, 0.2) is 30.3 Å². The number of carbonyl (C=O) groups excluding carboxylic acids is 1. The monoisotopic (exact) mass is 299 g/mol. The van der Waals surface area contributed by atoms with E-state index in [1.165, 1.54) is 4.90 Å². The van der Waals surface area contributed by atoms with Crippen molar-refractivity contribution in [2.45, 2.75) is 6.43 Å². The third kappa shape index (κ3) is 3.47. The van der Waals surface area contributed by atoms with Crippen LogP contribution in [0.3, 0.4) is 0 Å². The van der Waals surface area contributed by atoms with Crippen LogP contribution in [-0.4, -0.2) is 29.8 Å². The number of aromatic nitrogens is 2. The topological polar surface area (TPSA) is 55.3 Å². The van der Waals surface area contributed by atoms with Crippen LogP contribution in [0.2, 0.25) is 0 Å². The van der Waals surface area contributed by atoms with Gasteiger partial charge in [0, 0.05) is 12.7 Å². The summed E-state index contributed by atoms with van der Waals surface area (Å²) in [4.78, 5) is 13.3. The minimum Gasteiger partial charge on any atom is -0.459 e. The lowest BCUT2D eigenvalue weighted by atomic mass is 10.3. The predicted molar refractivity (Wildman–Crippen MR) is 70.2 cm³/mol. The summed E-state index contributed by atoms with van der Waals surface area (Å²) in [7, 11) is 1.60. The number of hydrogen-bond acceptors (Lipinski definition) is 5. The summed E-state index contributed by atoms with van der Waals surface area (Å²) < 4.78 is 29.7. The highest BCUT2D eigenvalue weighted by Gasteiger charge is 2.16. The van der Waals surface area contributed by atoms with Crippen molar-refractivity contribution < 1.29 is 18.3 Å². The van der Waals surface area contributed by atoms with Crippen LogP contribution in [0.4, 0.5) is 14.5 Å². The Balaban J connectivity index is 1.91. The van der Waals surface area contributed by atoms with Crippen LogP contribution in [0.5, 0.6) is 5.19 Å². The summed E-state index contributed by atoms with van der Waals surface area (Å²) in [6.07, 6.45) is -2.69. The lowest BCUT2D eigenvalue weighted by Crippen LogP contribution is -2.31. The molecule has 0 aliphatic heterocycles. The first kappa shape index (κ1) is 14.3. The number of amides is 1. The molecule has 0 fully saturated rings. The Morgan fingerprint density at radius 3 is 2.65 bits per heavy atom. The molecule has 0 aliphatic rings. The van der Waals surface area contributed by atoms with E-state index in [9.17, 15) is 13.6 Å². The van der Waals surface area contributed by atoms with Gasteiger partial charge in [0.15, 0.2) is 11.6 Å². The molecule has 2 aromatic rings. The number of likely N-dealkylation sites (N-methyl/N-ethyl adjacent to an activating group) is 1. The summed E-state index contributed by atoms with van der Waals surface area (Å²) in [5.74, 6) is -0.315. The Bertz CT molecular complexity index is 577. The molecule has 1 aromatic heterocycles. The standard InChI is InChI=1S/C12H11F2N3O2S/c1-17(8-5-3-2-4-6-8)9(18)7-19-12-16-15-11(20-12)10(13)14/h2-6,10H,7H2,1H3. The second kappa shape index (κ2) is 6.38. The summed E-state index contributed by atoms with van der Waals surface area (Å²) in [5, 5.41) is 6.23.